The predicted octanol–water partition coefficient (Wildman–Crippen LogP) is 3.87. The zero-order valence-corrected chi connectivity index (χ0v) is 30.0. The van der Waals surface area contributed by atoms with Gasteiger partial charge in [-0.3, -0.25) is 19.1 Å². The maximum absolute atomic E-state index is 14.0. The quantitative estimate of drug-likeness (QED) is 0.180. The topological polar surface area (TPSA) is 196 Å². The van der Waals surface area contributed by atoms with Gasteiger partial charge in [-0.2, -0.15) is 5.26 Å². The maximum Gasteiger partial charge on any atom is 0.408 e. The van der Waals surface area contributed by atoms with E-state index in [9.17, 15) is 27.6 Å². The Bertz CT molecular complexity index is 1790. The van der Waals surface area contributed by atoms with Crippen molar-refractivity contribution in [3.05, 3.63) is 66.7 Å². The summed E-state index contributed by atoms with van der Waals surface area (Å²) in [5.41, 5.74) is 0.646. The van der Waals surface area contributed by atoms with Gasteiger partial charge in [-0.25, -0.2) is 13.2 Å². The molecule has 0 bridgehead atoms. The van der Waals surface area contributed by atoms with Gasteiger partial charge in [0.15, 0.2) is 0 Å². The molecule has 13 nitrogen and oxygen atoms in total. The van der Waals surface area contributed by atoms with Gasteiger partial charge in [0.25, 0.3) is 5.91 Å². The number of alkyl carbamates (subject to hydrolysis) is 1. The molecule has 14 heteroatoms. The van der Waals surface area contributed by atoms with Gasteiger partial charge in [-0.15, -0.1) is 6.58 Å². The average molecular weight is 719 g/mol. The van der Waals surface area contributed by atoms with Gasteiger partial charge in [0.1, 0.15) is 23.7 Å². The van der Waals surface area contributed by atoms with Gasteiger partial charge in [0.05, 0.1) is 16.9 Å². The smallest absolute Gasteiger partial charge is 0.408 e. The van der Waals surface area contributed by atoms with Crippen molar-refractivity contribution in [2.45, 2.75) is 94.7 Å². The summed E-state index contributed by atoms with van der Waals surface area (Å²) in [5.74, 6) is -2.75. The average Bonchev–Trinajstić information content (AvgIpc) is 4.02. The number of benzene rings is 2. The van der Waals surface area contributed by atoms with Crippen molar-refractivity contribution in [3.8, 4) is 17.2 Å². The molecule has 2 aromatic carbocycles. The van der Waals surface area contributed by atoms with Crippen LogP contribution in [0.25, 0.3) is 11.1 Å². The molecule has 51 heavy (non-hydrogen) atoms. The lowest BCUT2D eigenvalue weighted by Gasteiger charge is -2.32. The summed E-state index contributed by atoms with van der Waals surface area (Å²) >= 11 is 0. The first kappa shape index (κ1) is 37.4. The highest BCUT2D eigenvalue weighted by atomic mass is 32.2. The van der Waals surface area contributed by atoms with Crippen molar-refractivity contribution in [1.29, 1.82) is 5.26 Å². The lowest BCUT2D eigenvalue weighted by Crippen LogP contribution is -2.62. The molecule has 4 amide bonds. The summed E-state index contributed by atoms with van der Waals surface area (Å²) < 4.78 is 32.9. The fourth-order valence-electron chi connectivity index (χ4n) is 6.21. The van der Waals surface area contributed by atoms with E-state index in [4.69, 9.17) is 10.00 Å². The predicted molar refractivity (Wildman–Crippen MR) is 191 cm³/mol. The molecule has 0 unspecified atom stereocenters. The maximum atomic E-state index is 14.0. The molecule has 0 aromatic heterocycles. The summed E-state index contributed by atoms with van der Waals surface area (Å²) in [6, 6.07) is 14.2. The van der Waals surface area contributed by atoms with Crippen LogP contribution < -0.4 is 26.0 Å². The second kappa shape index (κ2) is 15.1. The number of nitrogens with one attached hydrogen (secondary N) is 5. The van der Waals surface area contributed by atoms with Crippen LogP contribution in [0.1, 0.15) is 71.3 Å². The second-order valence-electron chi connectivity index (χ2n) is 14.6. The molecule has 0 radical (unpaired) electrons. The van der Waals surface area contributed by atoms with Crippen molar-refractivity contribution in [3.63, 3.8) is 0 Å². The zero-order valence-electron chi connectivity index (χ0n) is 29.2. The molecule has 3 fully saturated rings. The SMILES string of the molecule is C=C[C@@H]1C[C@]1(NC(=O)[C@H](CNc1ccc(-c2ccc(C#N)cc2)cc1)NC(=O)[C@@H](NC(=O)OC1CCCC1)C(C)(C)C)C(=O)NS(=O)(=O)C1CC1. The molecular weight excluding hydrogens is 673 g/mol. The normalized spacial score (nSPS) is 21.3. The van der Waals surface area contributed by atoms with E-state index in [1.165, 1.54) is 6.08 Å². The third-order valence-electron chi connectivity index (χ3n) is 9.59. The van der Waals surface area contributed by atoms with E-state index in [-0.39, 0.29) is 19.1 Å². The van der Waals surface area contributed by atoms with Crippen LogP contribution in [-0.2, 0) is 29.1 Å². The van der Waals surface area contributed by atoms with Crippen LogP contribution in [0.5, 0.6) is 0 Å². The van der Waals surface area contributed by atoms with Crippen molar-refractivity contribution in [2.24, 2.45) is 11.3 Å². The van der Waals surface area contributed by atoms with Crippen molar-refractivity contribution in [2.75, 3.05) is 11.9 Å². The van der Waals surface area contributed by atoms with Crippen LogP contribution in [0, 0.1) is 22.7 Å². The Morgan fingerprint density at radius 1 is 0.961 bits per heavy atom. The minimum atomic E-state index is -3.89. The van der Waals surface area contributed by atoms with Gasteiger partial charge < -0.3 is 26.0 Å². The highest BCUT2D eigenvalue weighted by molar-refractivity contribution is 7.91. The van der Waals surface area contributed by atoms with Crippen LogP contribution >= 0.6 is 0 Å². The summed E-state index contributed by atoms with van der Waals surface area (Å²) in [6.45, 7) is 8.94. The fourth-order valence-corrected chi connectivity index (χ4v) is 7.57. The number of nitrogens with zero attached hydrogens (tertiary/aromatic N) is 1. The van der Waals surface area contributed by atoms with E-state index < -0.39 is 68.0 Å². The number of nitriles is 1. The molecule has 5 rings (SSSR count). The van der Waals surface area contributed by atoms with E-state index in [1.807, 2.05) is 24.3 Å². The first-order chi connectivity index (χ1) is 24.1. The van der Waals surface area contributed by atoms with Crippen molar-refractivity contribution in [1.82, 2.24) is 20.7 Å². The summed E-state index contributed by atoms with van der Waals surface area (Å²) in [4.78, 5) is 54.0. The number of rotatable bonds is 14. The molecule has 3 aliphatic rings. The van der Waals surface area contributed by atoms with Gasteiger partial charge >= 0.3 is 6.09 Å². The number of hydrogen-bond donors (Lipinski definition) is 5. The van der Waals surface area contributed by atoms with Crippen LogP contribution in [0.15, 0.2) is 61.2 Å². The molecule has 4 atom stereocenters. The van der Waals surface area contributed by atoms with E-state index >= 15 is 0 Å². The Kier molecular flexibility index (Phi) is 11.1. The lowest BCUT2D eigenvalue weighted by atomic mass is 9.86. The fraction of sp³-hybridized carbons (Fsp3) is 0.486. The molecule has 272 valence electrons. The van der Waals surface area contributed by atoms with Gasteiger partial charge in [0.2, 0.25) is 21.8 Å². The first-order valence-corrected chi connectivity index (χ1v) is 18.8. The second-order valence-corrected chi connectivity index (χ2v) is 16.6. The first-order valence-electron chi connectivity index (χ1n) is 17.3. The van der Waals surface area contributed by atoms with Crippen LogP contribution in [-0.4, -0.2) is 67.8 Å². The Hall–Kier alpha value is -4.90. The number of amides is 4. The highest BCUT2D eigenvalue weighted by Crippen LogP contribution is 2.45. The lowest BCUT2D eigenvalue weighted by molar-refractivity contribution is -0.133. The zero-order chi connectivity index (χ0) is 37.0. The molecule has 5 N–H and O–H groups in total. The third-order valence-corrected chi connectivity index (χ3v) is 11.4. The molecular formula is C37H46N6O7S. The number of sulfonamides is 1. The minimum Gasteiger partial charge on any atom is -0.446 e. The molecule has 0 aliphatic heterocycles. The summed E-state index contributed by atoms with van der Waals surface area (Å²) in [7, 11) is -3.89. The van der Waals surface area contributed by atoms with Gasteiger partial charge in [-0.05, 0) is 85.8 Å². The summed E-state index contributed by atoms with van der Waals surface area (Å²) in [5, 5.41) is 19.8. The van der Waals surface area contributed by atoms with Crippen LogP contribution in [0.3, 0.4) is 0 Å². The Balaban J connectivity index is 1.33. The number of carbonyl (C=O) groups excluding carboxylic acids is 4. The standard InChI is InChI=1S/C37H46N6O7S/c1-5-26-20-37(26,34(46)43-51(48,49)29-18-19-29)42-32(44)30(22-39-27-16-14-25(15-17-27)24-12-10-23(21-38)11-13-24)40-33(45)31(36(2,3)4)41-35(47)50-28-8-6-7-9-28/h5,10-17,26,28-31,39H,1,6-9,18-20,22H2,2-4H3,(H,40,45)(H,41,47)(H,42,44)(H,43,46)/t26-,30+,31-,37-/m1/s1. The number of hydrogen-bond acceptors (Lipinski definition) is 9. The molecule has 0 heterocycles. The Labute approximate surface area is 299 Å². The van der Waals surface area contributed by atoms with Crippen LogP contribution in [0.4, 0.5) is 10.5 Å². The highest BCUT2D eigenvalue weighted by Gasteiger charge is 2.61. The van der Waals surface area contributed by atoms with E-state index in [0.717, 1.165) is 36.8 Å². The Morgan fingerprint density at radius 3 is 2.10 bits per heavy atom. The molecule has 0 spiro atoms. The number of anilines is 1. The Morgan fingerprint density at radius 2 is 1.57 bits per heavy atom. The third kappa shape index (κ3) is 9.26. The number of carbonyl (C=O) groups is 4. The molecule has 3 saturated carbocycles. The van der Waals surface area contributed by atoms with Crippen LogP contribution in [0.2, 0.25) is 0 Å². The molecule has 3 aliphatic carbocycles. The minimum absolute atomic E-state index is 0.117. The monoisotopic (exact) mass is 718 g/mol. The summed E-state index contributed by atoms with van der Waals surface area (Å²) in [6.07, 6.45) is 5.02. The van der Waals surface area contributed by atoms with Crippen molar-refractivity contribution < 1.29 is 32.3 Å². The molecule has 2 aromatic rings. The van der Waals surface area contributed by atoms with E-state index in [2.05, 4.69) is 38.6 Å². The van der Waals surface area contributed by atoms with Gasteiger partial charge in [0, 0.05) is 18.2 Å². The van der Waals surface area contributed by atoms with Gasteiger partial charge in [-0.1, -0.05) is 51.1 Å². The molecule has 0 saturated heterocycles. The van der Waals surface area contributed by atoms with E-state index in [1.54, 1.807) is 45.0 Å². The number of ether oxygens (including phenoxy) is 1. The van der Waals surface area contributed by atoms with Crippen molar-refractivity contribution >= 4 is 39.5 Å². The van der Waals surface area contributed by atoms with E-state index in [0.29, 0.717) is 24.1 Å². The largest absolute Gasteiger partial charge is 0.446 e.